The molecule has 0 atom stereocenters. The highest BCUT2D eigenvalue weighted by Crippen LogP contribution is 2.12. The Bertz CT molecular complexity index is 1080. The fourth-order valence-corrected chi connectivity index (χ4v) is 3.07. The van der Waals surface area contributed by atoms with Crippen LogP contribution in [0.3, 0.4) is 0 Å². The molecule has 0 aliphatic rings. The molecule has 0 unspecified atom stereocenters. The lowest BCUT2D eigenvalue weighted by atomic mass is 10.1. The van der Waals surface area contributed by atoms with Crippen LogP contribution in [0.5, 0.6) is 0 Å². The van der Waals surface area contributed by atoms with Crippen LogP contribution in [0, 0.1) is 0 Å². The summed E-state index contributed by atoms with van der Waals surface area (Å²) in [7, 11) is 0. The predicted octanol–water partition coefficient (Wildman–Crippen LogP) is 7.06. The highest BCUT2D eigenvalue weighted by molar-refractivity contribution is 6.09. The van der Waals surface area contributed by atoms with E-state index in [0.29, 0.717) is 11.1 Å². The molecule has 0 fully saturated rings. The third-order valence-corrected chi connectivity index (χ3v) is 4.93. The number of benzene rings is 3. The summed E-state index contributed by atoms with van der Waals surface area (Å²) in [5, 5.41) is 0. The maximum absolute atomic E-state index is 12.4. The van der Waals surface area contributed by atoms with Crippen molar-refractivity contribution < 1.29 is 9.59 Å². The van der Waals surface area contributed by atoms with Crippen molar-refractivity contribution in [2.75, 3.05) is 0 Å². The second kappa shape index (κ2) is 11.4. The molecular formula is C30H26O2. The minimum Gasteiger partial charge on any atom is -0.290 e. The molecule has 3 aromatic rings. The monoisotopic (exact) mass is 418 g/mol. The Morgan fingerprint density at radius 2 is 0.844 bits per heavy atom. The minimum atomic E-state index is -0.0240. The first-order valence-electron chi connectivity index (χ1n) is 10.5. The number of hydrogen-bond acceptors (Lipinski definition) is 2. The van der Waals surface area contributed by atoms with Gasteiger partial charge in [0.25, 0.3) is 0 Å². The van der Waals surface area contributed by atoms with Gasteiger partial charge in [-0.3, -0.25) is 9.59 Å². The van der Waals surface area contributed by atoms with Crippen molar-refractivity contribution in [3.63, 3.8) is 0 Å². The Balaban J connectivity index is 1.60. The van der Waals surface area contributed by atoms with Gasteiger partial charge in [0.2, 0.25) is 0 Å². The SMILES string of the molecule is C/C(=C\c1ccccc1)C(=O)/C=C\c1ccc(/C=C\C(=O)/C(C)=C/c2ccccc2)cc1. The van der Waals surface area contributed by atoms with Crippen molar-refractivity contribution in [3.8, 4) is 0 Å². The van der Waals surface area contributed by atoms with Gasteiger partial charge in [0.05, 0.1) is 0 Å². The molecule has 32 heavy (non-hydrogen) atoms. The summed E-state index contributed by atoms with van der Waals surface area (Å²) in [5.41, 5.74) is 5.23. The van der Waals surface area contributed by atoms with E-state index < -0.39 is 0 Å². The Kier molecular flexibility index (Phi) is 8.05. The van der Waals surface area contributed by atoms with Gasteiger partial charge < -0.3 is 0 Å². The Morgan fingerprint density at radius 1 is 0.500 bits per heavy atom. The summed E-state index contributed by atoms with van der Waals surface area (Å²) in [6.07, 6.45) is 10.5. The van der Waals surface area contributed by atoms with E-state index in [0.717, 1.165) is 22.3 Å². The molecule has 3 rings (SSSR count). The van der Waals surface area contributed by atoms with Gasteiger partial charge in [-0.15, -0.1) is 0 Å². The molecule has 0 aromatic heterocycles. The third kappa shape index (κ3) is 7.03. The van der Waals surface area contributed by atoms with E-state index in [4.69, 9.17) is 0 Å². The number of allylic oxidation sites excluding steroid dienone is 4. The lowest BCUT2D eigenvalue weighted by Gasteiger charge is -1.99. The van der Waals surface area contributed by atoms with Crippen molar-refractivity contribution >= 4 is 35.9 Å². The fraction of sp³-hybridized carbons (Fsp3) is 0.0667. The van der Waals surface area contributed by atoms with Crippen molar-refractivity contribution in [1.29, 1.82) is 0 Å². The van der Waals surface area contributed by atoms with Crippen LogP contribution in [-0.2, 0) is 9.59 Å². The molecule has 158 valence electrons. The van der Waals surface area contributed by atoms with Crippen LogP contribution < -0.4 is 0 Å². The maximum atomic E-state index is 12.4. The lowest BCUT2D eigenvalue weighted by Crippen LogP contribution is -1.94. The zero-order chi connectivity index (χ0) is 22.8. The molecule has 0 aliphatic carbocycles. The largest absolute Gasteiger partial charge is 0.290 e. The van der Waals surface area contributed by atoms with Crippen LogP contribution in [0.4, 0.5) is 0 Å². The van der Waals surface area contributed by atoms with Crippen LogP contribution in [0.25, 0.3) is 24.3 Å². The van der Waals surface area contributed by atoms with Crippen LogP contribution >= 0.6 is 0 Å². The van der Waals surface area contributed by atoms with Crippen LogP contribution in [0.15, 0.2) is 108 Å². The summed E-state index contributed by atoms with van der Waals surface area (Å²) in [5.74, 6) is -0.0480. The molecule has 3 aromatic carbocycles. The average molecular weight is 419 g/mol. The second-order valence-electron chi connectivity index (χ2n) is 7.54. The highest BCUT2D eigenvalue weighted by Gasteiger charge is 2.01. The Morgan fingerprint density at radius 3 is 1.19 bits per heavy atom. The molecule has 0 heterocycles. The van der Waals surface area contributed by atoms with E-state index in [-0.39, 0.29) is 11.6 Å². The topological polar surface area (TPSA) is 34.1 Å². The number of hydrogen-bond donors (Lipinski definition) is 0. The summed E-state index contributed by atoms with van der Waals surface area (Å²) >= 11 is 0. The molecule has 0 saturated carbocycles. The molecule has 0 amide bonds. The van der Waals surface area contributed by atoms with E-state index in [1.165, 1.54) is 0 Å². The predicted molar refractivity (Wildman–Crippen MR) is 135 cm³/mol. The molecular weight excluding hydrogens is 392 g/mol. The molecule has 0 N–H and O–H groups in total. The third-order valence-electron chi connectivity index (χ3n) is 4.93. The van der Waals surface area contributed by atoms with Gasteiger partial charge in [-0.1, -0.05) is 97.1 Å². The summed E-state index contributed by atoms with van der Waals surface area (Å²) < 4.78 is 0. The normalized spacial score (nSPS) is 12.4. The maximum Gasteiger partial charge on any atom is 0.181 e. The van der Waals surface area contributed by atoms with E-state index in [2.05, 4.69) is 0 Å². The highest BCUT2D eigenvalue weighted by atomic mass is 16.1. The molecule has 0 aliphatic heterocycles. The van der Waals surface area contributed by atoms with E-state index in [1.807, 2.05) is 111 Å². The zero-order valence-corrected chi connectivity index (χ0v) is 18.4. The zero-order valence-electron chi connectivity index (χ0n) is 18.4. The first kappa shape index (κ1) is 22.6. The number of carbonyl (C=O) groups excluding carboxylic acids is 2. The molecule has 0 bridgehead atoms. The first-order valence-corrected chi connectivity index (χ1v) is 10.5. The van der Waals surface area contributed by atoms with E-state index >= 15 is 0 Å². The molecule has 0 radical (unpaired) electrons. The van der Waals surface area contributed by atoms with Crippen molar-refractivity contribution in [2.45, 2.75) is 13.8 Å². The number of ketones is 2. The van der Waals surface area contributed by atoms with Gasteiger partial charge >= 0.3 is 0 Å². The van der Waals surface area contributed by atoms with Crippen LogP contribution in [-0.4, -0.2) is 11.6 Å². The van der Waals surface area contributed by atoms with Gasteiger partial charge in [0, 0.05) is 0 Å². The Labute approximate surface area is 189 Å². The van der Waals surface area contributed by atoms with Gasteiger partial charge in [-0.25, -0.2) is 0 Å². The summed E-state index contributed by atoms with van der Waals surface area (Å²) in [6, 6.07) is 27.3. The molecule has 0 spiro atoms. The second-order valence-corrected chi connectivity index (χ2v) is 7.54. The first-order chi connectivity index (χ1) is 15.5. The van der Waals surface area contributed by atoms with Gasteiger partial charge in [0.1, 0.15) is 0 Å². The quantitative estimate of drug-likeness (QED) is 0.367. The van der Waals surface area contributed by atoms with Gasteiger partial charge in [0.15, 0.2) is 11.6 Å². The fourth-order valence-electron chi connectivity index (χ4n) is 3.07. The van der Waals surface area contributed by atoms with Gasteiger partial charge in [-0.2, -0.15) is 0 Å². The molecule has 2 nitrogen and oxygen atoms in total. The van der Waals surface area contributed by atoms with Crippen LogP contribution in [0.2, 0.25) is 0 Å². The van der Waals surface area contributed by atoms with Crippen LogP contribution in [0.1, 0.15) is 36.1 Å². The minimum absolute atomic E-state index is 0.0240. The van der Waals surface area contributed by atoms with Crippen molar-refractivity contribution in [2.24, 2.45) is 0 Å². The van der Waals surface area contributed by atoms with E-state index in [1.54, 1.807) is 24.3 Å². The molecule has 2 heteroatoms. The lowest BCUT2D eigenvalue weighted by molar-refractivity contribution is -0.111. The number of rotatable bonds is 8. The van der Waals surface area contributed by atoms with Crippen molar-refractivity contribution in [1.82, 2.24) is 0 Å². The Hall–Kier alpha value is -4.04. The summed E-state index contributed by atoms with van der Waals surface area (Å²) in [6.45, 7) is 3.64. The smallest absolute Gasteiger partial charge is 0.181 e. The van der Waals surface area contributed by atoms with E-state index in [9.17, 15) is 9.59 Å². The molecule has 0 saturated heterocycles. The standard InChI is InChI=1S/C30H26O2/c1-23(21-27-9-5-3-6-10-27)29(31)19-17-25-13-15-26(16-14-25)18-20-30(32)24(2)22-28-11-7-4-8-12-28/h3-22H,1-2H3/b19-17-,20-18-,23-21+,24-22+. The van der Waals surface area contributed by atoms with Crippen molar-refractivity contribution in [3.05, 3.63) is 130 Å². The average Bonchev–Trinajstić information content (AvgIpc) is 2.82. The van der Waals surface area contributed by atoms with Gasteiger partial charge in [-0.05, 0) is 71.6 Å². The summed E-state index contributed by atoms with van der Waals surface area (Å²) in [4.78, 5) is 24.7. The number of carbonyl (C=O) groups is 2.